The van der Waals surface area contributed by atoms with Crippen molar-refractivity contribution < 1.29 is 14.6 Å². The first-order chi connectivity index (χ1) is 14.2. The Hall–Kier alpha value is -1.72. The molecule has 30 heavy (non-hydrogen) atoms. The van der Waals surface area contributed by atoms with E-state index in [1.807, 2.05) is 0 Å². The second kappa shape index (κ2) is 9.61. The van der Waals surface area contributed by atoms with E-state index in [1.165, 1.54) is 33.9 Å². The number of nitrogens with one attached hydrogen (secondary N) is 1. The smallest absolute Gasteiger partial charge is 0.316 e. The minimum absolute atomic E-state index is 0.423. The highest BCUT2D eigenvalue weighted by atomic mass is 32.2. The van der Waals surface area contributed by atoms with Gasteiger partial charge in [0.25, 0.3) is 0 Å². The number of carbonyl (C=O) groups excluding carboxylic acids is 1. The number of nitrogens with two attached hydrogens (primary N) is 2. The summed E-state index contributed by atoms with van der Waals surface area (Å²) in [5.41, 5.74) is 10.9. The van der Waals surface area contributed by atoms with Gasteiger partial charge in [-0.3, -0.25) is 10.1 Å². The number of primary amides is 1. The minimum atomic E-state index is -0.916. The highest BCUT2D eigenvalue weighted by Crippen LogP contribution is 2.36. The number of anilines is 1. The van der Waals surface area contributed by atoms with Crippen molar-refractivity contribution in [3.8, 4) is 0 Å². The van der Waals surface area contributed by atoms with Crippen molar-refractivity contribution in [2.24, 2.45) is 10.9 Å². The molecule has 4 rings (SSSR count). The molecule has 2 aromatic heterocycles. The molecule has 0 unspecified atom stereocenters. The lowest BCUT2D eigenvalue weighted by molar-refractivity contribution is 0.0776. The summed E-state index contributed by atoms with van der Waals surface area (Å²) in [4.78, 5) is 20.1. The van der Waals surface area contributed by atoms with Crippen LogP contribution in [0.4, 0.5) is 10.5 Å². The number of fused-ring (bicyclic) bond motifs is 2. The monoisotopic (exact) mass is 451 g/mol. The van der Waals surface area contributed by atoms with Gasteiger partial charge >= 0.3 is 6.03 Å². The summed E-state index contributed by atoms with van der Waals surface area (Å²) in [5, 5.41) is 18.7. The number of rotatable bonds is 5. The van der Waals surface area contributed by atoms with E-state index in [9.17, 15) is 9.90 Å². The standard InChI is InChI=1S/C12H15N3O.C8H14N2O2S2/c13-12(16)15-11-7-3-1-5-9(7)14-10-6-2-4-8(10)11;1-8(2,11)7-10-5(4-12-3)6(13-7)14-9/h1-6H2,(H3,13,14,15,16);11H,4,9H2,1-3H3. The van der Waals surface area contributed by atoms with Crippen LogP contribution in [-0.4, -0.2) is 28.2 Å². The zero-order chi connectivity index (χ0) is 21.9. The summed E-state index contributed by atoms with van der Waals surface area (Å²) < 4.78 is 5.88. The van der Waals surface area contributed by atoms with E-state index >= 15 is 0 Å². The van der Waals surface area contributed by atoms with Crippen LogP contribution in [0.25, 0.3) is 0 Å². The van der Waals surface area contributed by atoms with E-state index in [2.05, 4.69) is 10.3 Å². The number of amides is 2. The summed E-state index contributed by atoms with van der Waals surface area (Å²) in [5.74, 6) is 0. The summed E-state index contributed by atoms with van der Waals surface area (Å²) >= 11 is 2.54. The first kappa shape index (κ1) is 23.0. The van der Waals surface area contributed by atoms with Gasteiger partial charge in [0, 0.05) is 18.5 Å². The first-order valence-corrected chi connectivity index (χ1v) is 11.6. The number of hydrogen-bond donors (Lipinski definition) is 4. The lowest BCUT2D eigenvalue weighted by atomic mass is 10.1. The van der Waals surface area contributed by atoms with Crippen LogP contribution in [0.2, 0.25) is 0 Å². The molecule has 2 aliphatic rings. The molecule has 0 saturated carbocycles. The molecule has 8 nitrogen and oxygen atoms in total. The third kappa shape index (κ3) is 5.12. The van der Waals surface area contributed by atoms with E-state index in [0.29, 0.717) is 11.6 Å². The molecule has 2 amide bonds. The molecule has 164 valence electrons. The topological polar surface area (TPSA) is 136 Å². The number of aliphatic hydroxyl groups is 1. The van der Waals surface area contributed by atoms with Crippen molar-refractivity contribution in [3.63, 3.8) is 0 Å². The molecule has 0 fully saturated rings. The number of carbonyl (C=O) groups is 1. The van der Waals surface area contributed by atoms with Gasteiger partial charge in [0.2, 0.25) is 0 Å². The number of methoxy groups -OCH3 is 1. The van der Waals surface area contributed by atoms with Crippen LogP contribution in [-0.2, 0) is 42.6 Å². The van der Waals surface area contributed by atoms with Gasteiger partial charge in [0.15, 0.2) is 0 Å². The summed E-state index contributed by atoms with van der Waals surface area (Å²) in [7, 11) is 1.61. The lowest BCUT2D eigenvalue weighted by Crippen LogP contribution is -2.21. The van der Waals surface area contributed by atoms with Crippen LogP contribution in [0.5, 0.6) is 0 Å². The molecule has 0 radical (unpaired) electrons. The number of aromatic nitrogens is 2. The molecular weight excluding hydrogens is 422 g/mol. The van der Waals surface area contributed by atoms with Gasteiger partial charge in [-0.2, -0.15) is 0 Å². The Labute approximate surface area is 184 Å². The maximum atomic E-state index is 11.1. The Balaban J connectivity index is 0.000000173. The highest BCUT2D eigenvalue weighted by Gasteiger charge is 2.26. The van der Waals surface area contributed by atoms with Gasteiger partial charge in [-0.25, -0.2) is 9.78 Å². The number of thiazole rings is 1. The van der Waals surface area contributed by atoms with Crippen molar-refractivity contribution >= 4 is 35.0 Å². The third-order valence-corrected chi connectivity index (χ3v) is 7.27. The van der Waals surface area contributed by atoms with E-state index in [-0.39, 0.29) is 0 Å². The Bertz CT molecular complexity index is 892. The molecule has 0 aromatic carbocycles. The van der Waals surface area contributed by atoms with Crippen molar-refractivity contribution in [1.29, 1.82) is 0 Å². The molecule has 10 heteroatoms. The van der Waals surface area contributed by atoms with Gasteiger partial charge in [-0.1, -0.05) is 0 Å². The molecule has 0 spiro atoms. The average Bonchev–Trinajstić information content (AvgIpc) is 3.40. The van der Waals surface area contributed by atoms with Crippen molar-refractivity contribution in [2.75, 3.05) is 12.4 Å². The molecule has 2 heterocycles. The largest absolute Gasteiger partial charge is 0.383 e. The number of ether oxygens (including phenoxy) is 1. The molecule has 6 N–H and O–H groups in total. The van der Waals surface area contributed by atoms with Crippen LogP contribution in [0.1, 0.15) is 59.9 Å². The predicted molar refractivity (Wildman–Crippen MR) is 120 cm³/mol. The Morgan fingerprint density at radius 2 is 1.80 bits per heavy atom. The average molecular weight is 452 g/mol. The van der Waals surface area contributed by atoms with Gasteiger partial charge in [-0.05, 0) is 75.4 Å². The predicted octanol–water partition coefficient (Wildman–Crippen LogP) is 3.03. The molecule has 0 bridgehead atoms. The van der Waals surface area contributed by atoms with Crippen molar-refractivity contribution in [3.05, 3.63) is 33.2 Å². The van der Waals surface area contributed by atoms with Crippen LogP contribution in [0, 0.1) is 0 Å². The van der Waals surface area contributed by atoms with E-state index < -0.39 is 11.6 Å². The van der Waals surface area contributed by atoms with Crippen molar-refractivity contribution in [2.45, 2.75) is 68.8 Å². The van der Waals surface area contributed by atoms with E-state index in [1.54, 1.807) is 21.0 Å². The highest BCUT2D eigenvalue weighted by molar-refractivity contribution is 7.99. The second-order valence-corrected chi connectivity index (χ2v) is 9.80. The normalized spacial score (nSPS) is 14.7. The molecule has 0 atom stereocenters. The molecular formula is C20H29N5O3S2. The zero-order valence-electron chi connectivity index (χ0n) is 17.6. The van der Waals surface area contributed by atoms with E-state index in [0.717, 1.165) is 66.1 Å². The molecule has 2 aliphatic carbocycles. The fourth-order valence-electron chi connectivity index (χ4n) is 3.78. The second-order valence-electron chi connectivity index (χ2n) is 7.90. The Morgan fingerprint density at radius 1 is 1.20 bits per heavy atom. The fourth-order valence-corrected chi connectivity index (χ4v) is 5.25. The third-order valence-electron chi connectivity index (χ3n) is 5.07. The number of pyridine rings is 1. The molecule has 0 saturated heterocycles. The van der Waals surface area contributed by atoms with Crippen molar-refractivity contribution in [1.82, 2.24) is 9.97 Å². The molecule has 2 aromatic rings. The van der Waals surface area contributed by atoms with Gasteiger partial charge in [0.1, 0.15) is 14.8 Å². The fraction of sp³-hybridized carbons (Fsp3) is 0.550. The van der Waals surface area contributed by atoms with Crippen LogP contribution in [0.3, 0.4) is 0 Å². The van der Waals surface area contributed by atoms with Crippen LogP contribution in [0.15, 0.2) is 4.21 Å². The SMILES string of the molecule is COCc1nc(C(C)(C)O)sc1SN.NC(=O)Nc1c2c(nc3c1CCC3)CCC2. The minimum Gasteiger partial charge on any atom is -0.383 e. The quantitative estimate of drug-likeness (QED) is 0.513. The number of nitrogens with zero attached hydrogens (tertiary/aromatic N) is 2. The van der Waals surface area contributed by atoms with Crippen LogP contribution >= 0.6 is 23.3 Å². The van der Waals surface area contributed by atoms with Gasteiger partial charge in [0.05, 0.1) is 18.0 Å². The maximum absolute atomic E-state index is 11.1. The number of aryl methyl sites for hydroxylation is 2. The van der Waals surface area contributed by atoms with E-state index in [4.69, 9.17) is 20.6 Å². The van der Waals surface area contributed by atoms with Crippen LogP contribution < -0.4 is 16.2 Å². The zero-order valence-corrected chi connectivity index (χ0v) is 19.2. The molecule has 0 aliphatic heterocycles. The Morgan fingerprint density at radius 3 is 2.27 bits per heavy atom. The van der Waals surface area contributed by atoms with Gasteiger partial charge < -0.3 is 20.9 Å². The summed E-state index contributed by atoms with van der Waals surface area (Å²) in [6.07, 6.45) is 6.39. The van der Waals surface area contributed by atoms with Gasteiger partial charge in [-0.15, -0.1) is 11.3 Å². The summed E-state index contributed by atoms with van der Waals surface area (Å²) in [6, 6.07) is -0.464. The lowest BCUT2D eigenvalue weighted by Gasteiger charge is -2.13. The number of hydrogen-bond acceptors (Lipinski definition) is 8. The summed E-state index contributed by atoms with van der Waals surface area (Å²) in [6.45, 7) is 3.83. The Kier molecular flexibility index (Phi) is 7.35. The number of urea groups is 1. The maximum Gasteiger partial charge on any atom is 0.316 e. The first-order valence-electron chi connectivity index (χ1n) is 9.92.